The fourth-order valence-electron chi connectivity index (χ4n) is 5.70. The monoisotopic (exact) mass is 828 g/mol. The first-order valence-corrected chi connectivity index (χ1v) is 23.3. The number of phosphoric ester groups is 1. The summed E-state index contributed by atoms with van der Waals surface area (Å²) in [6, 6.07) is -1.54. The molecule has 5 N–H and O–H groups in total. The first-order valence-electron chi connectivity index (χ1n) is 21.8. The number of carbonyl (C=O) groups is 3. The molecule has 0 aliphatic carbocycles. The third-order valence-corrected chi connectivity index (χ3v) is 10.1. The molecule has 0 radical (unpaired) electrons. The molecule has 0 rings (SSSR count). The molecule has 12 nitrogen and oxygen atoms in total. The Morgan fingerprint density at radius 1 is 0.632 bits per heavy atom. The van der Waals surface area contributed by atoms with Gasteiger partial charge in [0, 0.05) is 12.8 Å². The lowest BCUT2D eigenvalue weighted by atomic mass is 10.0. The van der Waals surface area contributed by atoms with E-state index >= 15 is 0 Å². The van der Waals surface area contributed by atoms with Crippen LogP contribution in [-0.4, -0.2) is 71.1 Å². The Hall–Kier alpha value is -2.60. The van der Waals surface area contributed by atoms with Crippen molar-refractivity contribution >= 4 is 25.7 Å². The zero-order valence-electron chi connectivity index (χ0n) is 35.3. The van der Waals surface area contributed by atoms with Crippen LogP contribution in [0.3, 0.4) is 0 Å². The quantitative estimate of drug-likeness (QED) is 0.0150. The molecular formula is C44H78NO11P. The summed E-state index contributed by atoms with van der Waals surface area (Å²) >= 11 is 0. The Balaban J connectivity index is 4.49. The molecule has 0 saturated carbocycles. The molecule has 0 amide bonds. The molecular weight excluding hydrogens is 749 g/mol. The summed E-state index contributed by atoms with van der Waals surface area (Å²) in [6.07, 6.45) is 39.3. The van der Waals surface area contributed by atoms with Crippen molar-refractivity contribution in [1.29, 1.82) is 0 Å². The Bertz CT molecular complexity index is 1170. The first kappa shape index (κ1) is 54.4. The summed E-state index contributed by atoms with van der Waals surface area (Å²) in [5.41, 5.74) is 5.32. The number of aliphatic hydroxyl groups excluding tert-OH is 1. The Kier molecular flexibility index (Phi) is 37.1. The largest absolute Gasteiger partial charge is 0.480 e. The molecule has 0 saturated heterocycles. The van der Waals surface area contributed by atoms with E-state index < -0.39 is 57.2 Å². The van der Waals surface area contributed by atoms with Gasteiger partial charge in [-0.3, -0.25) is 23.4 Å². The number of rotatable bonds is 40. The number of phosphoric acid groups is 1. The van der Waals surface area contributed by atoms with E-state index in [-0.39, 0.29) is 19.4 Å². The molecule has 0 aliphatic rings. The van der Waals surface area contributed by atoms with Gasteiger partial charge in [-0.1, -0.05) is 172 Å². The van der Waals surface area contributed by atoms with Gasteiger partial charge >= 0.3 is 25.7 Å². The van der Waals surface area contributed by atoms with E-state index in [4.69, 9.17) is 24.8 Å². The molecule has 0 aromatic heterocycles. The highest BCUT2D eigenvalue weighted by atomic mass is 31.2. The lowest BCUT2D eigenvalue weighted by Gasteiger charge is -2.20. The van der Waals surface area contributed by atoms with Crippen LogP contribution in [-0.2, 0) is 37.5 Å². The van der Waals surface area contributed by atoms with Crippen LogP contribution in [0.4, 0.5) is 0 Å². The lowest BCUT2D eigenvalue weighted by molar-refractivity contribution is -0.161. The van der Waals surface area contributed by atoms with Gasteiger partial charge in [0.2, 0.25) is 0 Å². The maximum atomic E-state index is 12.6. The third kappa shape index (κ3) is 38.7. The van der Waals surface area contributed by atoms with Crippen molar-refractivity contribution in [3.8, 4) is 0 Å². The zero-order valence-corrected chi connectivity index (χ0v) is 36.2. The SMILES string of the molecule is CCCCCCCCCCCCCCCCCC(=O)O[C@H](COC(=O)CCC/C=C\C/C=C\C/C=C\C=C\[C@H](O)CCCCC)COP(=O)(O)OC[C@H](N)C(=O)O. The number of carbonyl (C=O) groups excluding carboxylic acids is 2. The average Bonchev–Trinajstić information content (AvgIpc) is 3.18. The van der Waals surface area contributed by atoms with Crippen molar-refractivity contribution in [3.63, 3.8) is 0 Å². The second-order valence-corrected chi connectivity index (χ2v) is 16.1. The van der Waals surface area contributed by atoms with Gasteiger partial charge < -0.3 is 30.3 Å². The van der Waals surface area contributed by atoms with E-state index in [1.54, 1.807) is 0 Å². The van der Waals surface area contributed by atoms with Gasteiger partial charge in [-0.15, -0.1) is 0 Å². The normalized spacial score (nSPS) is 14.8. The number of esters is 2. The van der Waals surface area contributed by atoms with Crippen LogP contribution in [0.2, 0.25) is 0 Å². The van der Waals surface area contributed by atoms with Crippen LogP contribution in [0.5, 0.6) is 0 Å². The molecule has 0 aromatic rings. The number of carboxylic acid groups (broad SMARTS) is 1. The van der Waals surface area contributed by atoms with Gasteiger partial charge in [-0.2, -0.15) is 0 Å². The van der Waals surface area contributed by atoms with Crippen LogP contribution in [0.15, 0.2) is 48.6 Å². The van der Waals surface area contributed by atoms with Gasteiger partial charge in [-0.25, -0.2) is 4.57 Å². The molecule has 0 heterocycles. The summed E-state index contributed by atoms with van der Waals surface area (Å²) in [5, 5.41) is 18.8. The smallest absolute Gasteiger partial charge is 0.472 e. The predicted octanol–water partition coefficient (Wildman–Crippen LogP) is 10.4. The van der Waals surface area contributed by atoms with Crippen molar-refractivity contribution < 1.29 is 52.6 Å². The number of ether oxygens (including phenoxy) is 2. The fourth-order valence-corrected chi connectivity index (χ4v) is 6.48. The predicted molar refractivity (Wildman–Crippen MR) is 228 cm³/mol. The maximum absolute atomic E-state index is 12.6. The summed E-state index contributed by atoms with van der Waals surface area (Å²) < 4.78 is 32.6. The molecule has 0 bridgehead atoms. The molecule has 1 unspecified atom stereocenters. The van der Waals surface area contributed by atoms with E-state index in [0.29, 0.717) is 19.3 Å². The summed E-state index contributed by atoms with van der Waals surface area (Å²) in [5.74, 6) is -2.48. The molecule has 0 aromatic carbocycles. The minimum Gasteiger partial charge on any atom is -0.480 e. The average molecular weight is 828 g/mol. The highest BCUT2D eigenvalue weighted by Gasteiger charge is 2.28. The molecule has 0 aliphatic heterocycles. The molecule has 0 spiro atoms. The van der Waals surface area contributed by atoms with Gasteiger partial charge in [0.05, 0.1) is 19.3 Å². The summed E-state index contributed by atoms with van der Waals surface area (Å²) in [4.78, 5) is 45.9. The second-order valence-electron chi connectivity index (χ2n) is 14.7. The van der Waals surface area contributed by atoms with Crippen LogP contribution in [0, 0.1) is 0 Å². The van der Waals surface area contributed by atoms with Crippen LogP contribution < -0.4 is 5.73 Å². The lowest BCUT2D eigenvalue weighted by Crippen LogP contribution is -2.34. The van der Waals surface area contributed by atoms with E-state index in [2.05, 4.69) is 30.5 Å². The Morgan fingerprint density at radius 3 is 1.74 bits per heavy atom. The van der Waals surface area contributed by atoms with Crippen LogP contribution >= 0.6 is 7.82 Å². The van der Waals surface area contributed by atoms with Crippen molar-refractivity contribution in [2.45, 2.75) is 193 Å². The van der Waals surface area contributed by atoms with E-state index in [0.717, 1.165) is 57.8 Å². The highest BCUT2D eigenvalue weighted by Crippen LogP contribution is 2.43. The zero-order chi connectivity index (χ0) is 42.2. The minimum atomic E-state index is -4.74. The van der Waals surface area contributed by atoms with Crippen molar-refractivity contribution in [1.82, 2.24) is 0 Å². The molecule has 330 valence electrons. The minimum absolute atomic E-state index is 0.126. The van der Waals surface area contributed by atoms with E-state index in [1.165, 1.54) is 70.6 Å². The fraction of sp³-hybridized carbons (Fsp3) is 0.750. The number of nitrogens with two attached hydrogens (primary N) is 1. The van der Waals surface area contributed by atoms with Crippen LogP contribution in [0.1, 0.15) is 174 Å². The Morgan fingerprint density at radius 2 is 1.14 bits per heavy atom. The van der Waals surface area contributed by atoms with Gasteiger partial charge in [0.15, 0.2) is 6.10 Å². The van der Waals surface area contributed by atoms with E-state index in [1.807, 2.05) is 36.5 Å². The molecule has 4 atom stereocenters. The summed E-state index contributed by atoms with van der Waals surface area (Å²) in [6.45, 7) is 2.61. The first-order chi connectivity index (χ1) is 27.5. The molecule has 57 heavy (non-hydrogen) atoms. The number of unbranched alkanes of at least 4 members (excludes halogenated alkanes) is 17. The topological polar surface area (TPSA) is 192 Å². The highest BCUT2D eigenvalue weighted by molar-refractivity contribution is 7.47. The van der Waals surface area contributed by atoms with Crippen LogP contribution in [0.25, 0.3) is 0 Å². The number of allylic oxidation sites excluding steroid dienone is 7. The number of aliphatic hydroxyl groups is 1. The number of carboxylic acids is 1. The van der Waals surface area contributed by atoms with Crippen molar-refractivity contribution in [3.05, 3.63) is 48.6 Å². The molecule has 0 fully saturated rings. The second kappa shape index (κ2) is 38.9. The van der Waals surface area contributed by atoms with Crippen molar-refractivity contribution in [2.75, 3.05) is 19.8 Å². The van der Waals surface area contributed by atoms with Gasteiger partial charge in [-0.05, 0) is 38.5 Å². The third-order valence-electron chi connectivity index (χ3n) is 9.18. The standard InChI is InChI=1S/C44H78NO11P/c1-3-5-7-8-9-10-11-12-13-14-17-21-24-27-31-35-43(48)56-40(37-54-57(51,52)55-38-41(45)44(49)50)36-53-42(47)34-30-26-23-20-18-15-16-19-22-25-29-33-39(46)32-28-6-4-2/h15-16,20,22-23,25,29,33,39-41,46H,3-14,17-19,21,24,26-28,30-32,34-38,45H2,1-2H3,(H,49,50)(H,51,52)/b16-15-,23-20-,25-22-,33-29+/t39-,40-,41+/m1/s1. The van der Waals surface area contributed by atoms with Crippen molar-refractivity contribution in [2.24, 2.45) is 5.73 Å². The van der Waals surface area contributed by atoms with Gasteiger partial charge in [0.1, 0.15) is 12.6 Å². The van der Waals surface area contributed by atoms with Gasteiger partial charge in [0.25, 0.3) is 0 Å². The molecule has 13 heteroatoms. The van der Waals surface area contributed by atoms with E-state index in [9.17, 15) is 28.9 Å². The Labute approximate surface area is 344 Å². The summed E-state index contributed by atoms with van der Waals surface area (Å²) in [7, 11) is -4.74. The number of hydrogen-bond acceptors (Lipinski definition) is 10. The number of hydrogen-bond donors (Lipinski definition) is 4. The number of aliphatic carboxylic acids is 1. The maximum Gasteiger partial charge on any atom is 0.472 e.